The molecule has 19 heavy (non-hydrogen) atoms. The number of amides is 1. The Kier molecular flexibility index (Phi) is 2.77. The molecule has 0 aliphatic carbocycles. The summed E-state index contributed by atoms with van der Waals surface area (Å²) in [4.78, 5) is 19.7. The molecule has 0 saturated carbocycles. The first-order chi connectivity index (χ1) is 9.33. The largest absolute Gasteiger partial charge is 0.300 e. The van der Waals surface area contributed by atoms with Gasteiger partial charge < -0.3 is 4.40 Å². The molecule has 7 nitrogen and oxygen atoms in total. The second kappa shape index (κ2) is 4.73. The zero-order chi connectivity index (χ0) is 13.1. The minimum absolute atomic E-state index is 0.289. The molecule has 2 N–H and O–H groups in total. The minimum Gasteiger partial charge on any atom is -0.300 e. The van der Waals surface area contributed by atoms with Crippen LogP contribution in [0.15, 0.2) is 43.0 Å². The number of aromatic amines is 1. The first-order valence-electron chi connectivity index (χ1n) is 5.59. The monoisotopic (exact) mass is 254 g/mol. The zero-order valence-electron chi connectivity index (χ0n) is 9.82. The van der Waals surface area contributed by atoms with Crippen molar-refractivity contribution in [1.29, 1.82) is 0 Å². The van der Waals surface area contributed by atoms with Gasteiger partial charge in [-0.2, -0.15) is 10.1 Å². The standard InChI is InChI=1S/C12H10N6O/c19-11(16-12-14-8-15-17-12)5-4-9-7-13-10-3-1-2-6-18(9)10/h1-8H,(H2,14,15,16,17,19)/b5-4+. The third-order valence-electron chi connectivity index (χ3n) is 2.51. The van der Waals surface area contributed by atoms with Crippen molar-refractivity contribution in [3.05, 3.63) is 48.7 Å². The van der Waals surface area contributed by atoms with Gasteiger partial charge in [0.15, 0.2) is 0 Å². The van der Waals surface area contributed by atoms with Gasteiger partial charge in [0.1, 0.15) is 12.0 Å². The fourth-order valence-electron chi connectivity index (χ4n) is 1.66. The number of nitrogens with one attached hydrogen (secondary N) is 2. The third-order valence-corrected chi connectivity index (χ3v) is 2.51. The van der Waals surface area contributed by atoms with Crippen LogP contribution in [0.1, 0.15) is 5.69 Å². The van der Waals surface area contributed by atoms with E-state index in [1.807, 2.05) is 28.8 Å². The van der Waals surface area contributed by atoms with Crippen LogP contribution >= 0.6 is 0 Å². The Balaban J connectivity index is 1.77. The van der Waals surface area contributed by atoms with E-state index in [0.717, 1.165) is 11.3 Å². The number of fused-ring (bicyclic) bond motifs is 1. The van der Waals surface area contributed by atoms with E-state index < -0.39 is 0 Å². The zero-order valence-corrected chi connectivity index (χ0v) is 9.82. The maximum Gasteiger partial charge on any atom is 0.250 e. The van der Waals surface area contributed by atoms with E-state index in [4.69, 9.17) is 0 Å². The van der Waals surface area contributed by atoms with Crippen LogP contribution in [0.25, 0.3) is 11.7 Å². The van der Waals surface area contributed by atoms with E-state index in [9.17, 15) is 4.79 Å². The molecule has 1 amide bonds. The van der Waals surface area contributed by atoms with Crippen LogP contribution in [-0.2, 0) is 4.79 Å². The van der Waals surface area contributed by atoms with E-state index in [1.54, 1.807) is 12.3 Å². The number of rotatable bonds is 3. The summed E-state index contributed by atoms with van der Waals surface area (Å²) in [7, 11) is 0. The molecule has 0 radical (unpaired) electrons. The van der Waals surface area contributed by atoms with Gasteiger partial charge in [-0.1, -0.05) is 6.07 Å². The first-order valence-corrected chi connectivity index (χ1v) is 5.59. The summed E-state index contributed by atoms with van der Waals surface area (Å²) in [6.45, 7) is 0. The van der Waals surface area contributed by atoms with Gasteiger partial charge in [0.2, 0.25) is 5.95 Å². The number of imidazole rings is 1. The Hall–Kier alpha value is -2.96. The van der Waals surface area contributed by atoms with Crippen molar-refractivity contribution in [2.24, 2.45) is 0 Å². The Bertz CT molecular complexity index is 728. The van der Waals surface area contributed by atoms with Crippen molar-refractivity contribution in [2.45, 2.75) is 0 Å². The summed E-state index contributed by atoms with van der Waals surface area (Å²) in [5.74, 6) is 0.0235. The quantitative estimate of drug-likeness (QED) is 0.685. The molecule has 94 valence electrons. The molecule has 0 unspecified atom stereocenters. The molecule has 0 atom stereocenters. The number of H-pyrrole nitrogens is 1. The van der Waals surface area contributed by atoms with Crippen molar-refractivity contribution >= 4 is 23.6 Å². The van der Waals surface area contributed by atoms with Crippen LogP contribution in [0.5, 0.6) is 0 Å². The van der Waals surface area contributed by atoms with E-state index in [2.05, 4.69) is 25.5 Å². The maximum atomic E-state index is 11.6. The molecule has 0 aromatic carbocycles. The van der Waals surface area contributed by atoms with Gasteiger partial charge in [0.25, 0.3) is 5.91 Å². The number of aromatic nitrogens is 5. The molecule has 0 aliphatic heterocycles. The average Bonchev–Trinajstić information content (AvgIpc) is 3.05. The summed E-state index contributed by atoms with van der Waals surface area (Å²) in [5, 5.41) is 8.73. The lowest BCUT2D eigenvalue weighted by molar-refractivity contribution is -0.111. The van der Waals surface area contributed by atoms with E-state index in [-0.39, 0.29) is 5.91 Å². The Labute approximate surface area is 108 Å². The summed E-state index contributed by atoms with van der Waals surface area (Å²) < 4.78 is 1.89. The van der Waals surface area contributed by atoms with Crippen LogP contribution in [0.4, 0.5) is 5.95 Å². The molecular weight excluding hydrogens is 244 g/mol. The number of hydrogen-bond donors (Lipinski definition) is 2. The molecule has 0 saturated heterocycles. The molecule has 0 fully saturated rings. The lowest BCUT2D eigenvalue weighted by atomic mass is 10.4. The van der Waals surface area contributed by atoms with Crippen molar-refractivity contribution in [2.75, 3.05) is 5.32 Å². The number of carbonyl (C=O) groups is 1. The van der Waals surface area contributed by atoms with Gasteiger partial charge in [0.05, 0.1) is 11.9 Å². The SMILES string of the molecule is O=C(/C=C/c1cnc2ccccn12)Nc1ncn[nH]1. The van der Waals surface area contributed by atoms with Crippen LogP contribution in [0.2, 0.25) is 0 Å². The van der Waals surface area contributed by atoms with Crippen LogP contribution in [-0.4, -0.2) is 30.5 Å². The Morgan fingerprint density at radius 2 is 2.32 bits per heavy atom. The predicted molar refractivity (Wildman–Crippen MR) is 69.2 cm³/mol. The first kappa shape index (κ1) is 11.1. The van der Waals surface area contributed by atoms with Gasteiger partial charge >= 0.3 is 0 Å². The second-order valence-corrected chi connectivity index (χ2v) is 3.77. The normalized spacial score (nSPS) is 11.2. The molecular formula is C12H10N6O. The number of nitrogens with zero attached hydrogens (tertiary/aromatic N) is 4. The fourth-order valence-corrected chi connectivity index (χ4v) is 1.66. The van der Waals surface area contributed by atoms with Crippen molar-refractivity contribution < 1.29 is 4.79 Å². The topological polar surface area (TPSA) is 88.0 Å². The van der Waals surface area contributed by atoms with Gasteiger partial charge in [0, 0.05) is 12.3 Å². The minimum atomic E-state index is -0.289. The highest BCUT2D eigenvalue weighted by Crippen LogP contribution is 2.07. The third kappa shape index (κ3) is 2.34. The number of pyridine rings is 1. The molecule has 0 spiro atoms. The van der Waals surface area contributed by atoms with Crippen molar-refractivity contribution in [3.63, 3.8) is 0 Å². The summed E-state index contributed by atoms with van der Waals surface area (Å²) >= 11 is 0. The van der Waals surface area contributed by atoms with Crippen LogP contribution in [0.3, 0.4) is 0 Å². The molecule has 7 heteroatoms. The smallest absolute Gasteiger partial charge is 0.250 e. The van der Waals surface area contributed by atoms with Crippen molar-refractivity contribution in [1.82, 2.24) is 24.6 Å². The maximum absolute atomic E-state index is 11.6. The highest BCUT2D eigenvalue weighted by molar-refractivity contribution is 6.00. The second-order valence-electron chi connectivity index (χ2n) is 3.77. The van der Waals surface area contributed by atoms with E-state index >= 15 is 0 Å². The van der Waals surface area contributed by atoms with Gasteiger partial charge in [-0.3, -0.25) is 10.1 Å². The number of hydrogen-bond acceptors (Lipinski definition) is 4. The summed E-state index contributed by atoms with van der Waals surface area (Å²) in [5.41, 5.74) is 1.65. The van der Waals surface area contributed by atoms with Gasteiger partial charge in [-0.25, -0.2) is 10.1 Å². The van der Waals surface area contributed by atoms with Crippen molar-refractivity contribution in [3.8, 4) is 0 Å². The summed E-state index contributed by atoms with van der Waals surface area (Å²) in [6.07, 6.45) is 8.01. The molecule has 3 aromatic heterocycles. The highest BCUT2D eigenvalue weighted by atomic mass is 16.1. The lowest BCUT2D eigenvalue weighted by Crippen LogP contribution is -2.09. The van der Waals surface area contributed by atoms with E-state index in [0.29, 0.717) is 5.95 Å². The van der Waals surface area contributed by atoms with E-state index in [1.165, 1.54) is 12.4 Å². The Morgan fingerprint density at radius 3 is 3.16 bits per heavy atom. The molecule has 3 heterocycles. The van der Waals surface area contributed by atoms with Crippen LogP contribution in [0, 0.1) is 0 Å². The fraction of sp³-hybridized carbons (Fsp3) is 0. The van der Waals surface area contributed by atoms with Gasteiger partial charge in [-0.05, 0) is 18.2 Å². The Morgan fingerprint density at radius 1 is 1.37 bits per heavy atom. The number of carbonyl (C=O) groups excluding carboxylic acids is 1. The highest BCUT2D eigenvalue weighted by Gasteiger charge is 2.01. The average molecular weight is 254 g/mol. The number of anilines is 1. The van der Waals surface area contributed by atoms with Crippen LogP contribution < -0.4 is 5.32 Å². The predicted octanol–water partition coefficient (Wildman–Crippen LogP) is 1.10. The molecule has 3 aromatic rings. The lowest BCUT2D eigenvalue weighted by Gasteiger charge is -1.96. The molecule has 0 aliphatic rings. The summed E-state index contributed by atoms with van der Waals surface area (Å²) in [6, 6.07) is 5.71. The molecule has 0 bridgehead atoms. The van der Waals surface area contributed by atoms with Gasteiger partial charge in [-0.15, -0.1) is 0 Å². The molecule has 3 rings (SSSR count).